The van der Waals surface area contributed by atoms with Crippen molar-refractivity contribution in [3.8, 4) is 0 Å². The summed E-state index contributed by atoms with van der Waals surface area (Å²) in [5.41, 5.74) is 8.74. The van der Waals surface area contributed by atoms with Gasteiger partial charge in [0, 0.05) is 37.6 Å². The lowest BCUT2D eigenvalue weighted by atomic mass is 9.96. The van der Waals surface area contributed by atoms with Crippen LogP contribution in [0.15, 0.2) is 30.5 Å². The molecule has 2 aliphatic rings. The molecule has 0 radical (unpaired) electrons. The van der Waals surface area contributed by atoms with Gasteiger partial charge in [-0.1, -0.05) is 6.07 Å². The fourth-order valence-electron chi connectivity index (χ4n) is 4.03. The number of amides is 1. The van der Waals surface area contributed by atoms with Crippen LogP contribution in [0.4, 0.5) is 11.5 Å². The summed E-state index contributed by atoms with van der Waals surface area (Å²) in [7, 11) is 1.70. The third kappa shape index (κ3) is 3.14. The fraction of sp³-hybridized carbons (Fsp3) is 0.474. The minimum absolute atomic E-state index is 0.0409. The molecule has 138 valence electrons. The summed E-state index contributed by atoms with van der Waals surface area (Å²) in [6, 6.07) is 7.76. The summed E-state index contributed by atoms with van der Waals surface area (Å²) < 4.78 is 7.36. The second kappa shape index (κ2) is 6.99. The maximum atomic E-state index is 13.4. The van der Waals surface area contributed by atoms with E-state index in [1.807, 2.05) is 23.2 Å². The maximum Gasteiger partial charge on any atom is 0.254 e. The molecule has 0 unspecified atom stereocenters. The SMILES string of the molecule is CO[C@H]1C[C@@H](Cn2ccc(N)n2)N(C(=O)c2cccc3c2CCCN3)C1. The molecular weight excluding hydrogens is 330 g/mol. The van der Waals surface area contributed by atoms with E-state index in [2.05, 4.69) is 16.5 Å². The van der Waals surface area contributed by atoms with E-state index in [1.165, 1.54) is 0 Å². The highest BCUT2D eigenvalue weighted by atomic mass is 16.5. The van der Waals surface area contributed by atoms with Gasteiger partial charge in [-0.05, 0) is 43.0 Å². The number of nitrogens with one attached hydrogen (secondary N) is 1. The van der Waals surface area contributed by atoms with Crippen LogP contribution in [0, 0.1) is 0 Å². The van der Waals surface area contributed by atoms with Crippen molar-refractivity contribution in [1.29, 1.82) is 0 Å². The van der Waals surface area contributed by atoms with E-state index in [9.17, 15) is 4.79 Å². The van der Waals surface area contributed by atoms with Gasteiger partial charge in [0.1, 0.15) is 5.82 Å². The van der Waals surface area contributed by atoms with Crippen molar-refractivity contribution >= 4 is 17.4 Å². The summed E-state index contributed by atoms with van der Waals surface area (Å²) in [4.78, 5) is 15.3. The molecule has 3 heterocycles. The Morgan fingerprint density at radius 1 is 1.42 bits per heavy atom. The van der Waals surface area contributed by atoms with Crippen LogP contribution in [0.3, 0.4) is 0 Å². The number of likely N-dealkylation sites (tertiary alicyclic amines) is 1. The molecule has 0 saturated carbocycles. The first-order chi connectivity index (χ1) is 12.7. The number of aromatic nitrogens is 2. The van der Waals surface area contributed by atoms with E-state index < -0.39 is 0 Å². The van der Waals surface area contributed by atoms with Crippen molar-refractivity contribution < 1.29 is 9.53 Å². The monoisotopic (exact) mass is 355 g/mol. The van der Waals surface area contributed by atoms with Crippen molar-refractivity contribution in [3.63, 3.8) is 0 Å². The second-order valence-corrected chi connectivity index (χ2v) is 7.03. The Morgan fingerprint density at radius 2 is 2.31 bits per heavy atom. The van der Waals surface area contributed by atoms with Crippen molar-refractivity contribution in [2.45, 2.75) is 38.0 Å². The molecule has 3 N–H and O–H groups in total. The number of nitrogen functional groups attached to an aromatic ring is 1. The van der Waals surface area contributed by atoms with Gasteiger partial charge in [0.05, 0.1) is 18.7 Å². The van der Waals surface area contributed by atoms with E-state index in [-0.39, 0.29) is 18.1 Å². The van der Waals surface area contributed by atoms with Crippen molar-refractivity contribution in [2.75, 3.05) is 31.2 Å². The zero-order valence-corrected chi connectivity index (χ0v) is 15.0. The van der Waals surface area contributed by atoms with Gasteiger partial charge < -0.3 is 20.7 Å². The summed E-state index contributed by atoms with van der Waals surface area (Å²) in [6.45, 7) is 2.19. The predicted molar refractivity (Wildman–Crippen MR) is 100 cm³/mol. The van der Waals surface area contributed by atoms with E-state index >= 15 is 0 Å². The summed E-state index contributed by atoms with van der Waals surface area (Å²) in [6.07, 6.45) is 4.69. The Kier molecular flexibility index (Phi) is 4.55. The first kappa shape index (κ1) is 16.9. The Morgan fingerprint density at radius 3 is 3.08 bits per heavy atom. The van der Waals surface area contributed by atoms with Gasteiger partial charge in [-0.2, -0.15) is 5.10 Å². The van der Waals surface area contributed by atoms with Gasteiger partial charge in [-0.3, -0.25) is 9.48 Å². The first-order valence-electron chi connectivity index (χ1n) is 9.14. The third-order valence-electron chi connectivity index (χ3n) is 5.35. The van der Waals surface area contributed by atoms with Crippen molar-refractivity contribution in [1.82, 2.24) is 14.7 Å². The molecule has 0 aliphatic carbocycles. The molecule has 2 aliphatic heterocycles. The fourth-order valence-corrected chi connectivity index (χ4v) is 4.03. The van der Waals surface area contributed by atoms with Gasteiger partial charge in [0.25, 0.3) is 5.91 Å². The predicted octanol–water partition coefficient (Wildman–Crippen LogP) is 1.75. The lowest BCUT2D eigenvalue weighted by Crippen LogP contribution is -2.39. The van der Waals surface area contributed by atoms with Crippen LogP contribution >= 0.6 is 0 Å². The number of carbonyl (C=O) groups excluding carboxylic acids is 1. The first-order valence-corrected chi connectivity index (χ1v) is 9.14. The molecule has 26 heavy (non-hydrogen) atoms. The molecule has 1 aromatic heterocycles. The highest BCUT2D eigenvalue weighted by molar-refractivity contribution is 5.97. The van der Waals surface area contributed by atoms with Crippen molar-refractivity contribution in [3.05, 3.63) is 41.6 Å². The Bertz CT molecular complexity index is 803. The zero-order valence-electron chi connectivity index (χ0n) is 15.0. The number of nitrogens with zero attached hydrogens (tertiary/aromatic N) is 3. The van der Waals surface area contributed by atoms with Gasteiger partial charge in [-0.25, -0.2) is 0 Å². The van der Waals surface area contributed by atoms with Crippen molar-refractivity contribution in [2.24, 2.45) is 0 Å². The van der Waals surface area contributed by atoms with Gasteiger partial charge in [0.15, 0.2) is 0 Å². The number of carbonyl (C=O) groups is 1. The highest BCUT2D eigenvalue weighted by Gasteiger charge is 2.37. The van der Waals surface area contributed by atoms with E-state index in [4.69, 9.17) is 10.5 Å². The standard InChI is InChI=1S/C19H25N5O2/c1-26-14-10-13(11-23-9-7-18(20)22-23)24(12-14)19(25)16-4-2-6-17-15(16)5-3-8-21-17/h2,4,6-7,9,13-14,21H,3,5,8,10-12H2,1H3,(H2,20,22)/t13-,14-/m0/s1. The van der Waals surface area contributed by atoms with Crippen LogP contribution in [0.1, 0.15) is 28.8 Å². The van der Waals surface area contributed by atoms with Crippen LogP contribution in [-0.2, 0) is 17.7 Å². The number of anilines is 2. The van der Waals surface area contributed by atoms with Crippen LogP contribution < -0.4 is 11.1 Å². The Labute approximate surface area is 153 Å². The molecule has 7 nitrogen and oxygen atoms in total. The lowest BCUT2D eigenvalue weighted by Gasteiger charge is -2.27. The number of ether oxygens (including phenoxy) is 1. The molecular formula is C19H25N5O2. The van der Waals surface area contributed by atoms with Gasteiger partial charge >= 0.3 is 0 Å². The molecule has 1 fully saturated rings. The van der Waals surface area contributed by atoms with Gasteiger partial charge in [-0.15, -0.1) is 0 Å². The number of nitrogens with two attached hydrogens (primary N) is 1. The molecule has 0 spiro atoms. The highest BCUT2D eigenvalue weighted by Crippen LogP contribution is 2.29. The van der Waals surface area contributed by atoms with Crippen LogP contribution in [0.2, 0.25) is 0 Å². The quantitative estimate of drug-likeness (QED) is 0.873. The topological polar surface area (TPSA) is 85.4 Å². The normalized spacial score (nSPS) is 22.1. The van der Waals surface area contributed by atoms with Crippen LogP contribution in [-0.4, -0.2) is 52.9 Å². The number of fused-ring (bicyclic) bond motifs is 1. The average Bonchev–Trinajstić information content (AvgIpc) is 3.27. The van der Waals surface area contributed by atoms with Gasteiger partial charge in [0.2, 0.25) is 0 Å². The van der Waals surface area contributed by atoms with E-state index in [1.54, 1.807) is 17.9 Å². The minimum Gasteiger partial charge on any atom is -0.385 e. The molecule has 1 aromatic carbocycles. The largest absolute Gasteiger partial charge is 0.385 e. The average molecular weight is 355 g/mol. The smallest absolute Gasteiger partial charge is 0.254 e. The lowest BCUT2D eigenvalue weighted by molar-refractivity contribution is 0.0677. The Hall–Kier alpha value is -2.54. The number of rotatable bonds is 4. The van der Waals surface area contributed by atoms with E-state index in [0.29, 0.717) is 18.9 Å². The molecule has 7 heteroatoms. The molecule has 0 bridgehead atoms. The molecule has 4 rings (SSSR count). The van der Waals surface area contributed by atoms with Crippen LogP contribution in [0.25, 0.3) is 0 Å². The summed E-state index contributed by atoms with van der Waals surface area (Å²) in [5.74, 6) is 0.572. The third-order valence-corrected chi connectivity index (χ3v) is 5.35. The number of benzene rings is 1. The van der Waals surface area contributed by atoms with Crippen LogP contribution in [0.5, 0.6) is 0 Å². The maximum absolute atomic E-state index is 13.4. The number of hydrogen-bond donors (Lipinski definition) is 2. The number of methoxy groups -OCH3 is 1. The number of hydrogen-bond acceptors (Lipinski definition) is 5. The summed E-state index contributed by atoms with van der Waals surface area (Å²) in [5, 5.41) is 7.67. The molecule has 1 amide bonds. The zero-order chi connectivity index (χ0) is 18.1. The molecule has 2 atom stereocenters. The molecule has 1 saturated heterocycles. The molecule has 2 aromatic rings. The summed E-state index contributed by atoms with van der Waals surface area (Å²) >= 11 is 0. The second-order valence-electron chi connectivity index (χ2n) is 7.03. The Balaban J connectivity index is 1.60. The minimum atomic E-state index is 0.0409. The van der Waals surface area contributed by atoms with E-state index in [0.717, 1.165) is 42.6 Å².